The third-order valence-electron chi connectivity index (χ3n) is 5.98. The van der Waals surface area contributed by atoms with Crippen LogP contribution in [0, 0.1) is 0 Å². The zero-order chi connectivity index (χ0) is 22.2. The number of hydrogen-bond donors (Lipinski definition) is 1. The third kappa shape index (κ3) is 3.91. The molecule has 8 nitrogen and oxygen atoms in total. The van der Waals surface area contributed by atoms with Crippen molar-refractivity contribution in [1.29, 1.82) is 0 Å². The van der Waals surface area contributed by atoms with Gasteiger partial charge in [0.1, 0.15) is 5.69 Å². The van der Waals surface area contributed by atoms with E-state index in [0.29, 0.717) is 30.5 Å². The van der Waals surface area contributed by atoms with Crippen molar-refractivity contribution in [2.45, 2.75) is 18.8 Å². The zero-order valence-electron chi connectivity index (χ0n) is 17.6. The number of carbonyl (C=O) groups is 1. The fourth-order valence-electron chi connectivity index (χ4n) is 4.16. The van der Waals surface area contributed by atoms with Crippen LogP contribution >= 0.6 is 11.3 Å². The summed E-state index contributed by atoms with van der Waals surface area (Å²) in [6, 6.07) is 17.5. The summed E-state index contributed by atoms with van der Waals surface area (Å²) >= 11 is 1.58. The molecule has 3 aromatic heterocycles. The maximum Gasteiger partial charge on any atom is 0.321 e. The van der Waals surface area contributed by atoms with Gasteiger partial charge in [-0.3, -0.25) is 0 Å². The summed E-state index contributed by atoms with van der Waals surface area (Å²) < 4.78 is 6.67. The number of fused-ring (bicyclic) bond motifs is 2. The highest BCUT2D eigenvalue weighted by Gasteiger charge is 2.28. The molecule has 5 aromatic rings. The Morgan fingerprint density at radius 3 is 2.82 bits per heavy atom. The first kappa shape index (κ1) is 19.8. The van der Waals surface area contributed by atoms with Gasteiger partial charge in [0.25, 0.3) is 0 Å². The van der Waals surface area contributed by atoms with Gasteiger partial charge in [-0.05, 0) is 43.2 Å². The molecular formula is C24H20N6O2S. The molecule has 2 amide bonds. The number of nitrogens with one attached hydrogen (secondary N) is 1. The van der Waals surface area contributed by atoms with E-state index in [1.807, 2.05) is 59.5 Å². The van der Waals surface area contributed by atoms with E-state index in [-0.39, 0.29) is 11.9 Å². The summed E-state index contributed by atoms with van der Waals surface area (Å²) in [6.07, 6.45) is 1.54. The molecule has 1 N–H and O–H groups in total. The number of hydrogen-bond acceptors (Lipinski definition) is 7. The summed E-state index contributed by atoms with van der Waals surface area (Å²) in [7, 11) is 0. The summed E-state index contributed by atoms with van der Waals surface area (Å²) in [5.41, 5.74) is 5.04. The molecule has 1 saturated heterocycles. The topological polar surface area (TPSA) is 97.0 Å². The maximum atomic E-state index is 12.7. The van der Waals surface area contributed by atoms with Gasteiger partial charge in [-0.15, -0.1) is 11.3 Å². The number of carbonyl (C=O) groups excluding carboxylic acids is 1. The van der Waals surface area contributed by atoms with Crippen LogP contribution < -0.4 is 5.32 Å². The first-order chi connectivity index (χ1) is 16.2. The minimum Gasteiger partial charge on any atom is -0.339 e. The molecule has 1 fully saturated rings. The Kier molecular flexibility index (Phi) is 4.95. The molecule has 164 valence electrons. The smallest absolute Gasteiger partial charge is 0.321 e. The Morgan fingerprint density at radius 2 is 1.91 bits per heavy atom. The van der Waals surface area contributed by atoms with E-state index < -0.39 is 0 Å². The molecule has 0 bridgehead atoms. The van der Waals surface area contributed by atoms with Crippen molar-refractivity contribution in [2.75, 3.05) is 18.4 Å². The van der Waals surface area contributed by atoms with Crippen molar-refractivity contribution >= 4 is 44.2 Å². The number of urea groups is 1. The summed E-state index contributed by atoms with van der Waals surface area (Å²) in [4.78, 5) is 28.1. The lowest BCUT2D eigenvalue weighted by atomic mass is 9.97. The molecule has 9 heteroatoms. The lowest BCUT2D eigenvalue weighted by Gasteiger charge is -2.30. The zero-order valence-corrected chi connectivity index (χ0v) is 18.5. The lowest BCUT2D eigenvalue weighted by molar-refractivity contribution is 0.187. The highest BCUT2D eigenvalue weighted by molar-refractivity contribution is 7.16. The normalized spacial score (nSPS) is 14.7. The minimum atomic E-state index is -0.102. The predicted molar refractivity (Wildman–Crippen MR) is 127 cm³/mol. The number of nitrogens with zero attached hydrogens (tertiary/aromatic N) is 5. The number of anilines is 1. The van der Waals surface area contributed by atoms with Crippen molar-refractivity contribution in [1.82, 2.24) is 25.0 Å². The van der Waals surface area contributed by atoms with E-state index >= 15 is 0 Å². The van der Waals surface area contributed by atoms with E-state index in [1.54, 1.807) is 16.8 Å². The number of likely N-dealkylation sites (tertiary alicyclic amines) is 1. The number of benzene rings is 2. The average Bonchev–Trinajstić information content (AvgIpc) is 3.53. The van der Waals surface area contributed by atoms with Gasteiger partial charge in [0, 0.05) is 30.1 Å². The van der Waals surface area contributed by atoms with Crippen molar-refractivity contribution in [3.05, 3.63) is 66.0 Å². The van der Waals surface area contributed by atoms with Crippen LogP contribution in [0.2, 0.25) is 0 Å². The number of amides is 2. The molecule has 0 spiro atoms. The van der Waals surface area contributed by atoms with Gasteiger partial charge in [0.15, 0.2) is 0 Å². The number of rotatable bonds is 3. The Morgan fingerprint density at radius 1 is 1.03 bits per heavy atom. The van der Waals surface area contributed by atoms with Crippen LogP contribution in [0.3, 0.4) is 0 Å². The highest BCUT2D eigenvalue weighted by Crippen LogP contribution is 2.29. The van der Waals surface area contributed by atoms with E-state index in [9.17, 15) is 4.79 Å². The van der Waals surface area contributed by atoms with Crippen LogP contribution in [0.4, 0.5) is 10.5 Å². The minimum absolute atomic E-state index is 0.102. The van der Waals surface area contributed by atoms with Crippen LogP contribution in [-0.4, -0.2) is 44.1 Å². The molecule has 0 aliphatic carbocycles. The largest absolute Gasteiger partial charge is 0.339 e. The van der Waals surface area contributed by atoms with E-state index in [4.69, 9.17) is 4.52 Å². The van der Waals surface area contributed by atoms with Gasteiger partial charge in [-0.2, -0.15) is 4.98 Å². The first-order valence-corrected chi connectivity index (χ1v) is 11.7. The second kappa shape index (κ2) is 8.25. The van der Waals surface area contributed by atoms with Crippen molar-refractivity contribution < 1.29 is 9.32 Å². The van der Waals surface area contributed by atoms with Crippen molar-refractivity contribution in [2.24, 2.45) is 0 Å². The molecule has 0 atom stereocenters. The van der Waals surface area contributed by atoms with Crippen LogP contribution in [0.5, 0.6) is 0 Å². The van der Waals surface area contributed by atoms with Crippen LogP contribution in [0.1, 0.15) is 24.7 Å². The standard InChI is InChI=1S/C24H20N6O2S/c31-24(26-17-6-8-21-20(13-17)25-14-33-21)30-11-9-16(10-12-30)23-28-22(29-32-23)19-7-5-15-3-1-2-4-18(15)27-19/h1-8,13-14,16H,9-12H2,(H,26,31). The average molecular weight is 457 g/mol. The Labute approximate surface area is 193 Å². The third-order valence-corrected chi connectivity index (χ3v) is 6.79. The summed E-state index contributed by atoms with van der Waals surface area (Å²) in [6.45, 7) is 1.25. The predicted octanol–water partition coefficient (Wildman–Crippen LogP) is 5.31. The van der Waals surface area contributed by atoms with Crippen molar-refractivity contribution in [3.8, 4) is 11.5 Å². The fraction of sp³-hybridized carbons (Fsp3) is 0.208. The van der Waals surface area contributed by atoms with Gasteiger partial charge in [-0.25, -0.2) is 14.8 Å². The fourth-order valence-corrected chi connectivity index (χ4v) is 4.82. The van der Waals surface area contributed by atoms with Gasteiger partial charge in [-0.1, -0.05) is 29.4 Å². The van der Waals surface area contributed by atoms with Crippen LogP contribution in [0.15, 0.2) is 64.6 Å². The SMILES string of the molecule is O=C(Nc1ccc2scnc2c1)N1CCC(c2nc(-c3ccc4ccccc4n3)no2)CC1. The molecule has 1 aliphatic heterocycles. The van der Waals surface area contributed by atoms with Crippen LogP contribution in [0.25, 0.3) is 32.6 Å². The molecule has 33 heavy (non-hydrogen) atoms. The quantitative estimate of drug-likeness (QED) is 0.395. The molecular weight excluding hydrogens is 436 g/mol. The number of aromatic nitrogens is 4. The molecule has 0 unspecified atom stereocenters. The van der Waals surface area contributed by atoms with E-state index in [2.05, 4.69) is 25.4 Å². The Hall–Kier alpha value is -3.85. The number of piperidine rings is 1. The number of pyridine rings is 1. The summed E-state index contributed by atoms with van der Waals surface area (Å²) in [5, 5.41) is 8.20. The van der Waals surface area contributed by atoms with Gasteiger partial charge >= 0.3 is 6.03 Å². The highest BCUT2D eigenvalue weighted by atomic mass is 32.1. The second-order valence-electron chi connectivity index (χ2n) is 8.07. The Bertz CT molecular complexity index is 1450. The Balaban J connectivity index is 1.10. The molecule has 4 heterocycles. The summed E-state index contributed by atoms with van der Waals surface area (Å²) in [5.74, 6) is 1.23. The molecule has 2 aromatic carbocycles. The van der Waals surface area contributed by atoms with Gasteiger partial charge in [0.05, 0.1) is 21.2 Å². The second-order valence-corrected chi connectivity index (χ2v) is 8.96. The molecule has 6 rings (SSSR count). The lowest BCUT2D eigenvalue weighted by Crippen LogP contribution is -2.40. The van der Waals surface area contributed by atoms with E-state index in [1.165, 1.54) is 0 Å². The maximum absolute atomic E-state index is 12.7. The van der Waals surface area contributed by atoms with Gasteiger partial charge in [0.2, 0.25) is 11.7 Å². The molecule has 0 saturated carbocycles. The molecule has 0 radical (unpaired) electrons. The van der Waals surface area contributed by atoms with Crippen molar-refractivity contribution in [3.63, 3.8) is 0 Å². The van der Waals surface area contributed by atoms with Crippen LogP contribution in [-0.2, 0) is 0 Å². The van der Waals surface area contributed by atoms with E-state index in [0.717, 1.165) is 39.6 Å². The number of para-hydroxylation sites is 1. The number of thiazole rings is 1. The first-order valence-electron chi connectivity index (χ1n) is 10.8. The molecule has 1 aliphatic rings. The monoisotopic (exact) mass is 456 g/mol. The van der Waals surface area contributed by atoms with Gasteiger partial charge < -0.3 is 14.7 Å².